The highest BCUT2D eigenvalue weighted by atomic mass is 32.2. The van der Waals surface area contributed by atoms with E-state index in [1.807, 2.05) is 74.1 Å². The average Bonchev–Trinajstić information content (AvgIpc) is 3.12. The number of fused-ring (bicyclic) bond motifs is 4. The molecule has 2 fully saturated rings. The Morgan fingerprint density at radius 1 is 0.968 bits per heavy atom. The van der Waals surface area contributed by atoms with Crippen LogP contribution in [-0.4, -0.2) is 41.4 Å². The minimum Gasteiger partial charge on any atom is -0.399 e. The number of para-hydroxylation sites is 2. The summed E-state index contributed by atoms with van der Waals surface area (Å²) in [6, 6.07) is 15.8. The zero-order valence-corrected chi connectivity index (χ0v) is 19.7. The Balaban J connectivity index is 1.54. The Hall–Kier alpha value is -1.47. The van der Waals surface area contributed by atoms with E-state index in [0.29, 0.717) is 5.25 Å². The van der Waals surface area contributed by atoms with Crippen LogP contribution < -0.4 is 4.52 Å². The van der Waals surface area contributed by atoms with Gasteiger partial charge in [0.15, 0.2) is 12.1 Å². The highest BCUT2D eigenvalue weighted by molar-refractivity contribution is 7.99. The summed E-state index contributed by atoms with van der Waals surface area (Å²) < 4.78 is 37.3. The van der Waals surface area contributed by atoms with Gasteiger partial charge in [-0.3, -0.25) is 4.52 Å². The third-order valence-electron chi connectivity index (χ3n) is 5.30. The monoisotopic (exact) mass is 462 g/mol. The molecule has 6 nitrogen and oxygen atoms in total. The van der Waals surface area contributed by atoms with E-state index in [9.17, 15) is 0 Å². The molecule has 31 heavy (non-hydrogen) atoms. The molecule has 2 aliphatic rings. The molecule has 0 radical (unpaired) electrons. The molecular weight excluding hydrogens is 435 g/mol. The van der Waals surface area contributed by atoms with Crippen molar-refractivity contribution in [3.8, 4) is 0 Å². The molecule has 0 bridgehead atoms. The van der Waals surface area contributed by atoms with Gasteiger partial charge >= 0.3 is 8.24 Å². The van der Waals surface area contributed by atoms with Gasteiger partial charge in [-0.25, -0.2) is 0 Å². The van der Waals surface area contributed by atoms with Crippen LogP contribution in [0.3, 0.4) is 0 Å². The molecule has 4 atom stereocenters. The van der Waals surface area contributed by atoms with Gasteiger partial charge < -0.3 is 22.6 Å². The molecular formula is C23H27O6PS. The summed E-state index contributed by atoms with van der Waals surface area (Å²) >= 11 is 1.82. The Kier molecular flexibility index (Phi) is 5.84. The number of benzene rings is 2. The third-order valence-corrected chi connectivity index (χ3v) is 7.59. The normalized spacial score (nSPS) is 27.3. The smallest absolute Gasteiger partial charge is 0.387 e. The molecule has 0 unspecified atom stereocenters. The van der Waals surface area contributed by atoms with Gasteiger partial charge in [0.05, 0.1) is 6.10 Å². The van der Waals surface area contributed by atoms with E-state index < -0.39 is 20.3 Å². The molecule has 2 aromatic carbocycles. The van der Waals surface area contributed by atoms with E-state index in [1.54, 1.807) is 0 Å². The first-order valence-corrected chi connectivity index (χ1v) is 12.7. The molecule has 3 aromatic rings. The molecule has 0 aliphatic carbocycles. The maximum absolute atomic E-state index is 6.48. The van der Waals surface area contributed by atoms with Crippen molar-refractivity contribution < 1.29 is 27.1 Å². The quantitative estimate of drug-likeness (QED) is 0.454. The third kappa shape index (κ3) is 4.40. The fraction of sp³-hybridized carbons (Fsp3) is 0.478. The number of thioether (sulfide) groups is 1. The van der Waals surface area contributed by atoms with Crippen LogP contribution in [0, 0.1) is 0 Å². The van der Waals surface area contributed by atoms with Crippen molar-refractivity contribution in [2.24, 2.45) is 0 Å². The molecule has 0 spiro atoms. The maximum Gasteiger partial charge on any atom is 0.387 e. The van der Waals surface area contributed by atoms with Crippen molar-refractivity contribution in [2.45, 2.75) is 63.3 Å². The first kappa shape index (κ1) is 21.4. The average molecular weight is 463 g/mol. The van der Waals surface area contributed by atoms with Crippen molar-refractivity contribution in [1.29, 1.82) is 0 Å². The van der Waals surface area contributed by atoms with Crippen molar-refractivity contribution in [3.05, 3.63) is 48.5 Å². The van der Waals surface area contributed by atoms with Crippen LogP contribution in [0.4, 0.5) is 0 Å². The molecule has 8 heteroatoms. The topological polar surface area (TPSA) is 63.2 Å². The molecule has 3 heterocycles. The Morgan fingerprint density at radius 3 is 2.19 bits per heavy atom. The van der Waals surface area contributed by atoms with Gasteiger partial charge in [-0.2, -0.15) is 11.8 Å². The number of hydrogen-bond acceptors (Lipinski definition) is 7. The van der Waals surface area contributed by atoms with Crippen LogP contribution >= 0.6 is 20.0 Å². The van der Waals surface area contributed by atoms with Gasteiger partial charge in [0.2, 0.25) is 0 Å². The highest BCUT2D eigenvalue weighted by Gasteiger charge is 2.56. The van der Waals surface area contributed by atoms with E-state index >= 15 is 0 Å². The Labute approximate surface area is 186 Å². The minimum atomic E-state index is -1.71. The zero-order chi connectivity index (χ0) is 21.6. The largest absolute Gasteiger partial charge is 0.399 e. The van der Waals surface area contributed by atoms with Crippen molar-refractivity contribution in [1.82, 2.24) is 0 Å². The van der Waals surface area contributed by atoms with Crippen molar-refractivity contribution in [3.63, 3.8) is 0 Å². The second kappa shape index (κ2) is 8.47. The first-order valence-electron chi connectivity index (χ1n) is 10.5. The summed E-state index contributed by atoms with van der Waals surface area (Å²) in [4.78, 5) is 0. The Morgan fingerprint density at radius 2 is 1.58 bits per heavy atom. The molecule has 1 aromatic heterocycles. The lowest BCUT2D eigenvalue weighted by Gasteiger charge is -2.25. The predicted octanol–water partition coefficient (Wildman–Crippen LogP) is 6.11. The zero-order valence-electron chi connectivity index (χ0n) is 18.0. The summed E-state index contributed by atoms with van der Waals surface area (Å²) in [5.41, 5.74) is 1.48. The van der Waals surface area contributed by atoms with Crippen LogP contribution in [0.5, 0.6) is 0 Å². The summed E-state index contributed by atoms with van der Waals surface area (Å²) in [7, 11) is -1.71. The van der Waals surface area contributed by atoms with Gasteiger partial charge in [-0.15, -0.1) is 0 Å². The van der Waals surface area contributed by atoms with Gasteiger partial charge in [-0.05, 0) is 31.2 Å². The number of hydrogen-bond donors (Lipinski definition) is 0. The highest BCUT2D eigenvalue weighted by Crippen LogP contribution is 2.43. The lowest BCUT2D eigenvalue weighted by atomic mass is 10.1. The van der Waals surface area contributed by atoms with E-state index in [1.165, 1.54) is 0 Å². The molecule has 166 valence electrons. The van der Waals surface area contributed by atoms with Crippen LogP contribution in [0.2, 0.25) is 0 Å². The van der Waals surface area contributed by atoms with Crippen molar-refractivity contribution in [2.75, 3.05) is 5.75 Å². The summed E-state index contributed by atoms with van der Waals surface area (Å²) in [6.45, 7) is 8.12. The second-order valence-electron chi connectivity index (χ2n) is 8.49. The summed E-state index contributed by atoms with van der Waals surface area (Å²) in [6.07, 6.45) is -1.33. The lowest BCUT2D eigenvalue weighted by molar-refractivity contribution is -0.209. The van der Waals surface area contributed by atoms with Gasteiger partial charge in [0.1, 0.15) is 23.4 Å². The number of ether oxygens (including phenoxy) is 3. The fourth-order valence-corrected chi connectivity index (χ4v) is 6.01. The first-order chi connectivity index (χ1) is 14.9. The van der Waals surface area contributed by atoms with Gasteiger partial charge in [-0.1, -0.05) is 50.2 Å². The van der Waals surface area contributed by atoms with Crippen LogP contribution in [-0.2, 0) is 14.2 Å². The predicted molar refractivity (Wildman–Crippen MR) is 123 cm³/mol. The molecule has 0 saturated carbocycles. The van der Waals surface area contributed by atoms with E-state index in [-0.39, 0.29) is 18.3 Å². The molecule has 2 aliphatic heterocycles. The number of rotatable bonds is 5. The molecule has 0 amide bonds. The molecule has 2 saturated heterocycles. The molecule has 0 N–H and O–H groups in total. The Bertz CT molecular complexity index is 1060. The van der Waals surface area contributed by atoms with Gasteiger partial charge in [0.25, 0.3) is 0 Å². The SMILES string of the molecule is CC(C)SC[C@H]1O[C@@H]2OC(C)(C)O[C@@H]2[C@H]1Op1oc2ccccc2c2ccccc2o1. The second-order valence-corrected chi connectivity index (χ2v) is 11.1. The van der Waals surface area contributed by atoms with Crippen molar-refractivity contribution >= 4 is 41.9 Å². The summed E-state index contributed by atoms with van der Waals surface area (Å²) in [5, 5.41) is 2.46. The minimum absolute atomic E-state index is 0.179. The van der Waals surface area contributed by atoms with Crippen LogP contribution in [0.25, 0.3) is 21.9 Å². The maximum atomic E-state index is 6.48. The molecule has 5 rings (SSSR count). The van der Waals surface area contributed by atoms with Crippen LogP contribution in [0.1, 0.15) is 27.7 Å². The standard InChI is InChI=1S/C23H27O6PS/c1-14(2)31-13-19-20(21-22(24-19)26-23(3,4)25-21)29-30-27-17-11-7-5-9-15(17)16-10-6-8-12-18(16)28-30/h5-12,14,19-22H,13H2,1-4H3/t19-,20+,21-,22-/m1/s1. The van der Waals surface area contributed by atoms with Gasteiger partial charge in [0, 0.05) is 16.5 Å². The van der Waals surface area contributed by atoms with E-state index in [2.05, 4.69) is 13.8 Å². The van der Waals surface area contributed by atoms with Crippen LogP contribution in [0.15, 0.2) is 56.9 Å². The fourth-order valence-electron chi connectivity index (χ4n) is 3.95. The summed E-state index contributed by atoms with van der Waals surface area (Å²) in [5.74, 6) is 0.0591. The lowest BCUT2D eigenvalue weighted by Crippen LogP contribution is -2.39. The van der Waals surface area contributed by atoms with E-state index in [0.717, 1.165) is 27.7 Å². The van der Waals surface area contributed by atoms with E-state index in [4.69, 9.17) is 27.1 Å².